The van der Waals surface area contributed by atoms with Crippen molar-refractivity contribution in [2.75, 3.05) is 23.9 Å². The molecule has 1 aliphatic heterocycles. The number of anilines is 2. The van der Waals surface area contributed by atoms with Gasteiger partial charge in [-0.2, -0.15) is 0 Å². The molecule has 12 heteroatoms. The average Bonchev–Trinajstić information content (AvgIpc) is 3.25. The van der Waals surface area contributed by atoms with Gasteiger partial charge in [0.25, 0.3) is 11.1 Å². The summed E-state index contributed by atoms with van der Waals surface area (Å²) in [6, 6.07) is 18.0. The molecule has 0 saturated carbocycles. The third-order valence-corrected chi connectivity index (χ3v) is 6.83. The predicted molar refractivity (Wildman–Crippen MR) is 158 cm³/mol. The number of nitrogens with one attached hydrogen (secondary N) is 2. The third-order valence-electron chi connectivity index (χ3n) is 5.85. The van der Waals surface area contributed by atoms with Gasteiger partial charge in [0, 0.05) is 13.1 Å². The lowest BCUT2D eigenvalue weighted by atomic mass is 10.1. The van der Waals surface area contributed by atoms with Crippen molar-refractivity contribution in [2.24, 2.45) is 0 Å². The Bertz CT molecular complexity index is 1490. The zero-order valence-corrected chi connectivity index (χ0v) is 24.3. The van der Waals surface area contributed by atoms with Gasteiger partial charge in [-0.05, 0) is 69.2 Å². The van der Waals surface area contributed by atoms with Crippen molar-refractivity contribution in [3.05, 3.63) is 72.3 Å². The fourth-order valence-corrected chi connectivity index (χ4v) is 4.72. The molecular formula is C30H31N3O8S. The Hall–Kier alpha value is -4.71. The van der Waals surface area contributed by atoms with Gasteiger partial charge in [-0.15, -0.1) is 0 Å². The Kier molecular flexibility index (Phi) is 9.26. The summed E-state index contributed by atoms with van der Waals surface area (Å²) in [5.41, 5.74) is 0.693. The summed E-state index contributed by atoms with van der Waals surface area (Å²) in [5, 5.41) is 14.3. The first-order valence-corrected chi connectivity index (χ1v) is 13.9. The van der Waals surface area contributed by atoms with Crippen molar-refractivity contribution in [3.8, 4) is 23.0 Å². The zero-order chi connectivity index (χ0) is 30.4. The molecule has 0 spiro atoms. The van der Waals surface area contributed by atoms with E-state index in [9.17, 15) is 24.3 Å². The van der Waals surface area contributed by atoms with Crippen molar-refractivity contribution in [2.45, 2.75) is 38.0 Å². The molecule has 4 amide bonds. The first kappa shape index (κ1) is 30.3. The Morgan fingerprint density at radius 2 is 1.71 bits per heavy atom. The molecule has 0 bridgehead atoms. The molecule has 3 aromatic rings. The molecule has 0 aliphatic carbocycles. The number of aromatic hydroxyl groups is 1. The lowest BCUT2D eigenvalue weighted by Crippen LogP contribution is -2.34. The molecule has 0 aromatic heterocycles. The molecule has 1 heterocycles. The standard InChI is InChI=1S/C30H31N3O8S/c1-30(2,3)41-29(38)33(4)22-16-20(40-24-8-6-5-7-23(24)34)13-14-21(22)31-26(35)17-39-19-11-9-18(10-12-19)15-25-27(36)32-28(37)42-25/h5-14,16,25,34H,15,17H2,1-4H3,(H,31,35)(H,32,36,37). The summed E-state index contributed by atoms with van der Waals surface area (Å²) in [6.07, 6.45) is -0.257. The highest BCUT2D eigenvalue weighted by Gasteiger charge is 2.31. The van der Waals surface area contributed by atoms with Crippen LogP contribution in [0.25, 0.3) is 0 Å². The lowest BCUT2D eigenvalue weighted by Gasteiger charge is -2.26. The topological polar surface area (TPSA) is 144 Å². The highest BCUT2D eigenvalue weighted by Crippen LogP contribution is 2.35. The minimum atomic E-state index is -0.748. The highest BCUT2D eigenvalue weighted by molar-refractivity contribution is 8.15. The van der Waals surface area contributed by atoms with Gasteiger partial charge in [-0.3, -0.25) is 24.6 Å². The largest absolute Gasteiger partial charge is 0.504 e. The summed E-state index contributed by atoms with van der Waals surface area (Å²) in [7, 11) is 1.50. The van der Waals surface area contributed by atoms with Gasteiger partial charge in [-0.1, -0.05) is 36.0 Å². The summed E-state index contributed by atoms with van der Waals surface area (Å²) in [6.45, 7) is 4.91. The zero-order valence-electron chi connectivity index (χ0n) is 23.5. The van der Waals surface area contributed by atoms with Crippen molar-refractivity contribution >= 4 is 46.3 Å². The molecule has 1 aliphatic rings. The van der Waals surface area contributed by atoms with Crippen molar-refractivity contribution in [3.63, 3.8) is 0 Å². The number of benzene rings is 3. The minimum absolute atomic E-state index is 0.0554. The second-order valence-electron chi connectivity index (χ2n) is 10.4. The van der Waals surface area contributed by atoms with Crippen LogP contribution in [0.4, 0.5) is 21.0 Å². The van der Waals surface area contributed by atoms with Gasteiger partial charge in [0.05, 0.1) is 16.6 Å². The number of carbonyl (C=O) groups is 4. The number of hydrogen-bond acceptors (Lipinski definition) is 9. The Balaban J connectivity index is 1.44. The number of carbonyl (C=O) groups excluding carboxylic acids is 4. The molecule has 3 N–H and O–H groups in total. The molecule has 3 aromatic carbocycles. The fourth-order valence-electron chi connectivity index (χ4n) is 3.86. The Labute approximate surface area is 247 Å². The number of thioether (sulfide) groups is 1. The number of rotatable bonds is 9. The number of phenolic OH excluding ortho intramolecular Hbond substituents is 1. The molecule has 1 unspecified atom stereocenters. The van der Waals surface area contributed by atoms with Gasteiger partial charge in [-0.25, -0.2) is 4.79 Å². The first-order valence-electron chi connectivity index (χ1n) is 13.0. The normalized spacial score (nSPS) is 14.6. The average molecular weight is 594 g/mol. The summed E-state index contributed by atoms with van der Waals surface area (Å²) in [5.74, 6) is 0.125. The molecular weight excluding hydrogens is 562 g/mol. The van der Waals surface area contributed by atoms with Gasteiger partial charge in [0.15, 0.2) is 18.1 Å². The predicted octanol–water partition coefficient (Wildman–Crippen LogP) is 5.47. The van der Waals surface area contributed by atoms with Crippen molar-refractivity contribution in [1.29, 1.82) is 0 Å². The van der Waals surface area contributed by atoms with Crippen LogP contribution in [0.3, 0.4) is 0 Å². The molecule has 1 fully saturated rings. The van der Waals surface area contributed by atoms with Crippen LogP contribution in [-0.4, -0.2) is 52.8 Å². The van der Waals surface area contributed by atoms with Crippen molar-refractivity contribution in [1.82, 2.24) is 5.32 Å². The van der Waals surface area contributed by atoms with E-state index in [2.05, 4.69) is 10.6 Å². The summed E-state index contributed by atoms with van der Waals surface area (Å²) < 4.78 is 16.9. The number of phenols is 1. The molecule has 1 saturated heterocycles. The van der Waals surface area contributed by atoms with Crippen LogP contribution in [0.5, 0.6) is 23.0 Å². The smallest absolute Gasteiger partial charge is 0.414 e. The van der Waals surface area contributed by atoms with Crippen LogP contribution in [0, 0.1) is 0 Å². The number of ether oxygens (including phenoxy) is 3. The van der Waals surface area contributed by atoms with Gasteiger partial charge >= 0.3 is 6.09 Å². The third kappa shape index (κ3) is 8.16. The maximum Gasteiger partial charge on any atom is 0.414 e. The van der Waals surface area contributed by atoms with E-state index in [0.717, 1.165) is 17.3 Å². The number of nitrogens with zero attached hydrogens (tertiary/aromatic N) is 1. The van der Waals surface area contributed by atoms with E-state index >= 15 is 0 Å². The van der Waals surface area contributed by atoms with Crippen LogP contribution >= 0.6 is 11.8 Å². The molecule has 0 radical (unpaired) electrons. The van der Waals surface area contributed by atoms with Crippen LogP contribution in [0.2, 0.25) is 0 Å². The first-order chi connectivity index (χ1) is 19.9. The number of para-hydroxylation sites is 2. The van der Waals surface area contributed by atoms with E-state index in [1.807, 2.05) is 0 Å². The maximum absolute atomic E-state index is 12.8. The quantitative estimate of drug-likeness (QED) is 0.294. The Morgan fingerprint density at radius 1 is 1.02 bits per heavy atom. The maximum atomic E-state index is 12.8. The second-order valence-corrected chi connectivity index (χ2v) is 11.5. The van der Waals surface area contributed by atoms with E-state index in [1.54, 1.807) is 81.4 Å². The van der Waals surface area contributed by atoms with Crippen LogP contribution in [0.1, 0.15) is 26.3 Å². The molecule has 11 nitrogen and oxygen atoms in total. The SMILES string of the molecule is CN(C(=O)OC(C)(C)C)c1cc(Oc2ccccc2O)ccc1NC(=O)COc1ccc(CC2SC(=O)NC2=O)cc1. The number of amides is 4. The van der Waals surface area contributed by atoms with E-state index < -0.39 is 22.9 Å². The highest BCUT2D eigenvalue weighted by atomic mass is 32.2. The van der Waals surface area contributed by atoms with E-state index in [-0.39, 0.29) is 29.3 Å². The number of hydrogen-bond donors (Lipinski definition) is 3. The van der Waals surface area contributed by atoms with Crippen molar-refractivity contribution < 1.29 is 38.5 Å². The minimum Gasteiger partial charge on any atom is -0.504 e. The van der Waals surface area contributed by atoms with Gasteiger partial charge in [0.1, 0.15) is 17.1 Å². The second kappa shape index (κ2) is 12.9. The number of imide groups is 1. The van der Waals surface area contributed by atoms with Gasteiger partial charge < -0.3 is 24.6 Å². The summed E-state index contributed by atoms with van der Waals surface area (Å²) in [4.78, 5) is 50.1. The lowest BCUT2D eigenvalue weighted by molar-refractivity contribution is -0.119. The van der Waals surface area contributed by atoms with Crippen LogP contribution < -0.4 is 25.0 Å². The van der Waals surface area contributed by atoms with Crippen LogP contribution in [0.15, 0.2) is 66.7 Å². The van der Waals surface area contributed by atoms with E-state index in [4.69, 9.17) is 14.2 Å². The Morgan fingerprint density at radius 3 is 2.36 bits per heavy atom. The summed E-state index contributed by atoms with van der Waals surface area (Å²) >= 11 is 0.962. The van der Waals surface area contributed by atoms with Crippen LogP contribution in [-0.2, 0) is 20.7 Å². The molecule has 42 heavy (non-hydrogen) atoms. The van der Waals surface area contributed by atoms with Gasteiger partial charge in [0.2, 0.25) is 5.91 Å². The van der Waals surface area contributed by atoms with E-state index in [0.29, 0.717) is 29.3 Å². The molecule has 4 rings (SSSR count). The fraction of sp³-hybridized carbons (Fsp3) is 0.267. The monoisotopic (exact) mass is 593 g/mol. The molecule has 220 valence electrons. The molecule has 1 atom stereocenters. The van der Waals surface area contributed by atoms with E-state index in [1.165, 1.54) is 18.0 Å².